The number of carbonyl (C=O) groups is 2. The van der Waals surface area contributed by atoms with Crippen molar-refractivity contribution in [2.45, 2.75) is 51.4 Å². The number of carboxylic acids is 1. The third-order valence-corrected chi connectivity index (χ3v) is 5.28. The Morgan fingerprint density at radius 2 is 1.88 bits per heavy atom. The van der Waals surface area contributed by atoms with Gasteiger partial charge >= 0.3 is 5.97 Å². The van der Waals surface area contributed by atoms with Gasteiger partial charge in [-0.3, -0.25) is 14.6 Å². The van der Waals surface area contributed by atoms with E-state index in [2.05, 4.69) is 17.0 Å². The molecule has 0 aliphatic carbocycles. The molecule has 2 aliphatic rings. The van der Waals surface area contributed by atoms with Crippen molar-refractivity contribution in [3.63, 3.8) is 0 Å². The fraction of sp³-hybridized carbons (Fsp3) is 0.600. The molecule has 0 saturated carbocycles. The van der Waals surface area contributed by atoms with Crippen LogP contribution in [0.5, 0.6) is 0 Å². The largest absolute Gasteiger partial charge is 0.480 e. The lowest BCUT2D eigenvalue weighted by atomic mass is 9.96. The van der Waals surface area contributed by atoms with Gasteiger partial charge in [0.1, 0.15) is 5.72 Å². The number of nitrogens with zero attached hydrogens (tertiary/aromatic N) is 2. The van der Waals surface area contributed by atoms with Crippen LogP contribution in [0.15, 0.2) is 30.3 Å². The first-order chi connectivity index (χ1) is 12.4. The molecule has 1 spiro atoms. The van der Waals surface area contributed by atoms with E-state index in [-0.39, 0.29) is 18.4 Å². The Morgan fingerprint density at radius 1 is 1.23 bits per heavy atom. The average Bonchev–Trinajstić information content (AvgIpc) is 2.97. The number of hydrogen-bond acceptors (Lipinski definition) is 4. The number of rotatable bonds is 5. The summed E-state index contributed by atoms with van der Waals surface area (Å²) in [6.45, 7) is 6.45. The molecule has 3 rings (SSSR count). The van der Waals surface area contributed by atoms with Gasteiger partial charge in [-0.2, -0.15) is 0 Å². The molecule has 26 heavy (non-hydrogen) atoms. The summed E-state index contributed by atoms with van der Waals surface area (Å²) in [6.07, 6.45) is 1.64. The highest BCUT2D eigenvalue weighted by atomic mass is 16.5. The van der Waals surface area contributed by atoms with Gasteiger partial charge in [0.15, 0.2) is 6.04 Å². The number of benzene rings is 1. The van der Waals surface area contributed by atoms with E-state index >= 15 is 0 Å². The molecule has 1 N–H and O–H groups in total. The Hall–Kier alpha value is -1.92. The lowest BCUT2D eigenvalue weighted by molar-refractivity contribution is -0.166. The van der Waals surface area contributed by atoms with Gasteiger partial charge in [0.05, 0.1) is 6.61 Å². The van der Waals surface area contributed by atoms with Gasteiger partial charge in [0, 0.05) is 38.9 Å². The molecule has 2 saturated heterocycles. The van der Waals surface area contributed by atoms with E-state index in [0.717, 1.165) is 19.6 Å². The van der Waals surface area contributed by atoms with Crippen LogP contribution in [-0.2, 0) is 20.9 Å². The van der Waals surface area contributed by atoms with Crippen molar-refractivity contribution in [1.29, 1.82) is 0 Å². The molecule has 2 heterocycles. The SMILES string of the molecule is CC(C)CC(=O)N1[C@H](C(=O)O)COC12CCN(Cc1ccccc1)CC2. The number of amides is 1. The minimum absolute atomic E-state index is 0.0812. The molecule has 6 heteroatoms. The number of carboxylic acid groups (broad SMARTS) is 1. The summed E-state index contributed by atoms with van der Waals surface area (Å²) in [5.41, 5.74) is 0.495. The first-order valence-electron chi connectivity index (χ1n) is 9.36. The molecule has 142 valence electrons. The Bertz CT molecular complexity index is 638. The highest BCUT2D eigenvalue weighted by Crippen LogP contribution is 2.38. The zero-order valence-corrected chi connectivity index (χ0v) is 15.6. The van der Waals surface area contributed by atoms with Crippen LogP contribution in [0.4, 0.5) is 0 Å². The maximum atomic E-state index is 12.8. The van der Waals surface area contributed by atoms with Gasteiger partial charge in [0.25, 0.3) is 0 Å². The highest BCUT2D eigenvalue weighted by molar-refractivity contribution is 5.85. The van der Waals surface area contributed by atoms with E-state index < -0.39 is 17.7 Å². The third-order valence-electron chi connectivity index (χ3n) is 5.28. The minimum atomic E-state index is -0.981. The number of aliphatic carboxylic acids is 1. The molecule has 1 aromatic carbocycles. The Balaban J connectivity index is 1.70. The summed E-state index contributed by atoms with van der Waals surface area (Å²) < 4.78 is 5.97. The lowest BCUT2D eigenvalue weighted by Crippen LogP contribution is -2.58. The summed E-state index contributed by atoms with van der Waals surface area (Å²) in [5.74, 6) is -0.903. The van der Waals surface area contributed by atoms with Crippen LogP contribution < -0.4 is 0 Å². The van der Waals surface area contributed by atoms with Crippen LogP contribution in [-0.4, -0.2) is 58.2 Å². The van der Waals surface area contributed by atoms with Crippen molar-refractivity contribution in [3.8, 4) is 0 Å². The average molecular weight is 360 g/mol. The molecule has 6 nitrogen and oxygen atoms in total. The standard InChI is InChI=1S/C20H28N2O4/c1-15(2)12-18(23)22-17(19(24)25)14-26-20(22)8-10-21(11-9-20)13-16-6-4-3-5-7-16/h3-7,15,17H,8-14H2,1-2H3,(H,24,25)/t17-/m0/s1. The maximum absolute atomic E-state index is 12.8. The van der Waals surface area contributed by atoms with Gasteiger partial charge in [-0.25, -0.2) is 4.79 Å². The number of hydrogen-bond donors (Lipinski definition) is 1. The summed E-state index contributed by atoms with van der Waals surface area (Å²) in [6, 6.07) is 9.41. The molecular formula is C20H28N2O4. The number of carbonyl (C=O) groups excluding carboxylic acids is 1. The molecule has 0 unspecified atom stereocenters. The van der Waals surface area contributed by atoms with E-state index in [1.807, 2.05) is 32.0 Å². The smallest absolute Gasteiger partial charge is 0.328 e. The summed E-state index contributed by atoms with van der Waals surface area (Å²) >= 11 is 0. The quantitative estimate of drug-likeness (QED) is 0.873. The molecular weight excluding hydrogens is 332 g/mol. The maximum Gasteiger partial charge on any atom is 0.328 e. The van der Waals surface area contributed by atoms with Crippen LogP contribution >= 0.6 is 0 Å². The third kappa shape index (κ3) is 3.91. The van der Waals surface area contributed by atoms with E-state index in [4.69, 9.17) is 4.74 Å². The Morgan fingerprint density at radius 3 is 2.46 bits per heavy atom. The van der Waals surface area contributed by atoms with E-state index in [9.17, 15) is 14.7 Å². The fourth-order valence-electron chi connectivity index (χ4n) is 3.98. The van der Waals surface area contributed by atoms with E-state index in [1.165, 1.54) is 10.5 Å². The first kappa shape index (κ1) is 18.9. The number of likely N-dealkylation sites (tertiary alicyclic amines) is 1. The van der Waals surface area contributed by atoms with Crippen LogP contribution in [0.3, 0.4) is 0 Å². The topological polar surface area (TPSA) is 70.1 Å². The first-order valence-corrected chi connectivity index (χ1v) is 9.36. The summed E-state index contributed by atoms with van der Waals surface area (Å²) in [5, 5.41) is 9.54. The van der Waals surface area contributed by atoms with Crippen LogP contribution in [0.25, 0.3) is 0 Å². The minimum Gasteiger partial charge on any atom is -0.480 e. The molecule has 2 aliphatic heterocycles. The zero-order valence-electron chi connectivity index (χ0n) is 15.6. The predicted octanol–water partition coefficient (Wildman–Crippen LogP) is 2.34. The van der Waals surface area contributed by atoms with Crippen molar-refractivity contribution < 1.29 is 19.4 Å². The molecule has 2 fully saturated rings. The van der Waals surface area contributed by atoms with Crippen molar-refractivity contribution in [2.24, 2.45) is 5.92 Å². The zero-order chi connectivity index (χ0) is 18.7. The summed E-state index contributed by atoms with van der Waals surface area (Å²) in [7, 11) is 0. The number of ether oxygens (including phenoxy) is 1. The second-order valence-electron chi connectivity index (χ2n) is 7.73. The Kier molecular flexibility index (Phi) is 5.63. The predicted molar refractivity (Wildman–Crippen MR) is 97.4 cm³/mol. The normalized spacial score (nSPS) is 22.9. The number of piperidine rings is 1. The van der Waals surface area contributed by atoms with Gasteiger partial charge in [-0.05, 0) is 11.5 Å². The fourth-order valence-corrected chi connectivity index (χ4v) is 3.98. The van der Waals surface area contributed by atoms with Gasteiger partial charge in [0.2, 0.25) is 5.91 Å². The highest BCUT2D eigenvalue weighted by Gasteiger charge is 2.53. The van der Waals surface area contributed by atoms with E-state index in [1.54, 1.807) is 0 Å². The van der Waals surface area contributed by atoms with Crippen molar-refractivity contribution in [1.82, 2.24) is 9.80 Å². The van der Waals surface area contributed by atoms with Crippen LogP contribution in [0.1, 0.15) is 38.7 Å². The molecule has 0 aromatic heterocycles. The molecule has 1 aromatic rings. The second kappa shape index (κ2) is 7.76. The van der Waals surface area contributed by atoms with E-state index in [0.29, 0.717) is 19.3 Å². The molecule has 1 amide bonds. The van der Waals surface area contributed by atoms with Crippen LogP contribution in [0.2, 0.25) is 0 Å². The summed E-state index contributed by atoms with van der Waals surface area (Å²) in [4.78, 5) is 28.3. The Labute approximate surface area is 154 Å². The molecule has 0 radical (unpaired) electrons. The van der Waals surface area contributed by atoms with Gasteiger partial charge in [-0.1, -0.05) is 44.2 Å². The molecule has 0 bridgehead atoms. The van der Waals surface area contributed by atoms with Gasteiger partial charge in [-0.15, -0.1) is 0 Å². The van der Waals surface area contributed by atoms with Gasteiger partial charge < -0.3 is 9.84 Å². The monoisotopic (exact) mass is 360 g/mol. The van der Waals surface area contributed by atoms with Crippen LogP contribution in [0, 0.1) is 5.92 Å². The molecule has 1 atom stereocenters. The van der Waals surface area contributed by atoms with Crippen molar-refractivity contribution >= 4 is 11.9 Å². The second-order valence-corrected chi connectivity index (χ2v) is 7.73. The lowest BCUT2D eigenvalue weighted by Gasteiger charge is -2.44. The van der Waals surface area contributed by atoms with Crippen molar-refractivity contribution in [2.75, 3.05) is 19.7 Å². The van der Waals surface area contributed by atoms with Crippen molar-refractivity contribution in [3.05, 3.63) is 35.9 Å².